The van der Waals surface area contributed by atoms with Gasteiger partial charge in [-0.2, -0.15) is 0 Å². The molecule has 9 heteroatoms. The van der Waals surface area contributed by atoms with E-state index in [4.69, 9.17) is 10.8 Å². The van der Waals surface area contributed by atoms with E-state index < -0.39 is 12.1 Å². The second-order valence-electron chi connectivity index (χ2n) is 3.73. The normalized spacial score (nSPS) is 22.8. The number of rotatable bonds is 4. The minimum atomic E-state index is -1.12. The molecule has 5 N–H and O–H groups in total. The molecule has 9 nitrogen and oxygen atoms in total. The lowest BCUT2D eigenvalue weighted by Gasteiger charge is -2.33. The summed E-state index contributed by atoms with van der Waals surface area (Å²) < 4.78 is 1.52. The topological polar surface area (TPSA) is 135 Å². The Labute approximate surface area is 96.0 Å². The van der Waals surface area contributed by atoms with E-state index in [-0.39, 0.29) is 18.5 Å². The molecule has 1 aliphatic rings. The summed E-state index contributed by atoms with van der Waals surface area (Å²) in [6.45, 7) is 0.519. The predicted octanol–water partition coefficient (Wildman–Crippen LogP) is -2.13. The minimum absolute atomic E-state index is 0.0956. The molecule has 2 rings (SSSR count). The SMILES string of the molecule is N[C@@H]1C(=O)N[C@@H]1Cn1cc(CNC(=O)O)nn1. The maximum absolute atomic E-state index is 10.9. The van der Waals surface area contributed by atoms with Gasteiger partial charge in [-0.25, -0.2) is 4.79 Å². The van der Waals surface area contributed by atoms with Crippen molar-refractivity contribution in [1.29, 1.82) is 0 Å². The highest BCUT2D eigenvalue weighted by Gasteiger charge is 2.36. The highest BCUT2D eigenvalue weighted by atomic mass is 16.4. The third-order valence-electron chi connectivity index (χ3n) is 2.45. The Bertz CT molecular complexity index is 444. The fourth-order valence-electron chi connectivity index (χ4n) is 1.49. The lowest BCUT2D eigenvalue weighted by Crippen LogP contribution is -2.67. The van der Waals surface area contributed by atoms with Gasteiger partial charge in [-0.3, -0.25) is 9.48 Å². The molecule has 1 aromatic heterocycles. The molecule has 1 aliphatic heterocycles. The molecular weight excluding hydrogens is 228 g/mol. The number of nitrogens with zero attached hydrogens (tertiary/aromatic N) is 3. The van der Waals surface area contributed by atoms with Crippen LogP contribution in [0.4, 0.5) is 4.79 Å². The quantitative estimate of drug-likeness (QED) is 0.444. The number of carbonyl (C=O) groups is 2. The number of hydrogen-bond donors (Lipinski definition) is 4. The Morgan fingerprint density at radius 1 is 1.71 bits per heavy atom. The average molecular weight is 240 g/mol. The molecule has 1 aromatic rings. The molecule has 0 aromatic carbocycles. The number of carboxylic acid groups (broad SMARTS) is 1. The molecule has 0 saturated carbocycles. The predicted molar refractivity (Wildman–Crippen MR) is 54.8 cm³/mol. The van der Waals surface area contributed by atoms with Gasteiger partial charge >= 0.3 is 6.09 Å². The van der Waals surface area contributed by atoms with Crippen LogP contribution in [0.3, 0.4) is 0 Å². The van der Waals surface area contributed by atoms with E-state index >= 15 is 0 Å². The summed E-state index contributed by atoms with van der Waals surface area (Å²) in [5.74, 6) is -0.178. The second-order valence-corrected chi connectivity index (χ2v) is 3.73. The van der Waals surface area contributed by atoms with Crippen LogP contribution in [0.5, 0.6) is 0 Å². The zero-order valence-corrected chi connectivity index (χ0v) is 8.83. The van der Waals surface area contributed by atoms with Crippen LogP contribution in [0, 0.1) is 0 Å². The maximum Gasteiger partial charge on any atom is 0.404 e. The van der Waals surface area contributed by atoms with Gasteiger partial charge in [0.05, 0.1) is 25.3 Å². The molecule has 1 saturated heterocycles. The third kappa shape index (κ3) is 2.50. The molecule has 92 valence electrons. The fraction of sp³-hybridized carbons (Fsp3) is 0.500. The summed E-state index contributed by atoms with van der Waals surface area (Å²) in [4.78, 5) is 21.1. The molecule has 0 bridgehead atoms. The first-order valence-electron chi connectivity index (χ1n) is 4.98. The van der Waals surface area contributed by atoms with E-state index in [1.54, 1.807) is 6.20 Å². The Kier molecular flexibility index (Phi) is 2.91. The van der Waals surface area contributed by atoms with Gasteiger partial charge in [0.2, 0.25) is 5.91 Å². The van der Waals surface area contributed by atoms with Crippen molar-refractivity contribution in [2.24, 2.45) is 5.73 Å². The largest absolute Gasteiger partial charge is 0.465 e. The molecule has 2 atom stereocenters. The number of amides is 2. The van der Waals surface area contributed by atoms with Crippen molar-refractivity contribution >= 4 is 12.0 Å². The lowest BCUT2D eigenvalue weighted by molar-refractivity contribution is -0.130. The highest BCUT2D eigenvalue weighted by molar-refractivity contribution is 5.88. The molecule has 0 unspecified atom stereocenters. The standard InChI is InChI=1S/C8H12N6O3/c9-6-5(11-7(6)15)3-14-2-4(12-13-14)1-10-8(16)17/h2,5-6,10H,1,3,9H2,(H,11,15)(H,16,17)/t5-,6+/m1/s1. The van der Waals surface area contributed by atoms with Crippen LogP contribution >= 0.6 is 0 Å². The van der Waals surface area contributed by atoms with E-state index in [1.165, 1.54) is 4.68 Å². The van der Waals surface area contributed by atoms with Gasteiger partial charge in [-0.1, -0.05) is 5.21 Å². The van der Waals surface area contributed by atoms with Crippen molar-refractivity contribution in [2.75, 3.05) is 0 Å². The van der Waals surface area contributed by atoms with Crippen LogP contribution in [0.25, 0.3) is 0 Å². The highest BCUT2D eigenvalue weighted by Crippen LogP contribution is 2.06. The summed E-state index contributed by atoms with van der Waals surface area (Å²) in [5.41, 5.74) is 6.06. The van der Waals surface area contributed by atoms with Crippen molar-refractivity contribution in [2.45, 2.75) is 25.2 Å². The van der Waals surface area contributed by atoms with E-state index in [1.807, 2.05) is 0 Å². The molecule has 0 aliphatic carbocycles. The molecule has 0 radical (unpaired) electrons. The molecule has 1 fully saturated rings. The van der Waals surface area contributed by atoms with Crippen molar-refractivity contribution in [3.05, 3.63) is 11.9 Å². The van der Waals surface area contributed by atoms with E-state index in [0.717, 1.165) is 0 Å². The van der Waals surface area contributed by atoms with Crippen LogP contribution in [0.15, 0.2) is 6.20 Å². The van der Waals surface area contributed by atoms with Crippen molar-refractivity contribution in [3.63, 3.8) is 0 Å². The van der Waals surface area contributed by atoms with Crippen molar-refractivity contribution in [3.8, 4) is 0 Å². The smallest absolute Gasteiger partial charge is 0.404 e. The Morgan fingerprint density at radius 2 is 2.47 bits per heavy atom. The van der Waals surface area contributed by atoms with Gasteiger partial charge in [-0.15, -0.1) is 5.10 Å². The average Bonchev–Trinajstić information content (AvgIpc) is 2.73. The number of nitrogens with one attached hydrogen (secondary N) is 2. The van der Waals surface area contributed by atoms with Crippen molar-refractivity contribution < 1.29 is 14.7 Å². The third-order valence-corrected chi connectivity index (χ3v) is 2.45. The molecule has 2 amide bonds. The fourth-order valence-corrected chi connectivity index (χ4v) is 1.49. The summed E-state index contributed by atoms with van der Waals surface area (Å²) >= 11 is 0. The summed E-state index contributed by atoms with van der Waals surface area (Å²) in [5, 5.41) is 20.8. The van der Waals surface area contributed by atoms with Crippen LogP contribution in [-0.4, -0.2) is 44.2 Å². The van der Waals surface area contributed by atoms with Crippen molar-refractivity contribution in [1.82, 2.24) is 25.6 Å². The second kappa shape index (κ2) is 4.37. The van der Waals surface area contributed by atoms with E-state index in [9.17, 15) is 9.59 Å². The zero-order valence-electron chi connectivity index (χ0n) is 8.83. The van der Waals surface area contributed by atoms with Gasteiger partial charge in [0.15, 0.2) is 0 Å². The van der Waals surface area contributed by atoms with E-state index in [2.05, 4.69) is 20.9 Å². The van der Waals surface area contributed by atoms with Crippen LogP contribution in [-0.2, 0) is 17.9 Å². The van der Waals surface area contributed by atoms with Crippen LogP contribution in [0.1, 0.15) is 5.69 Å². The maximum atomic E-state index is 10.9. The summed E-state index contributed by atoms with van der Waals surface area (Å²) in [6.07, 6.45) is 0.487. The number of hydrogen-bond acceptors (Lipinski definition) is 5. The number of aromatic nitrogens is 3. The number of β-lactam (4-membered cyclic amide) rings is 1. The molecule has 0 spiro atoms. The van der Waals surface area contributed by atoms with Crippen LogP contribution in [0.2, 0.25) is 0 Å². The first kappa shape index (κ1) is 11.3. The Balaban J connectivity index is 1.86. The first-order chi connectivity index (χ1) is 8.06. The number of nitrogens with two attached hydrogens (primary N) is 1. The monoisotopic (exact) mass is 240 g/mol. The van der Waals surface area contributed by atoms with E-state index in [0.29, 0.717) is 12.2 Å². The summed E-state index contributed by atoms with van der Waals surface area (Å²) in [6, 6.07) is -0.663. The molecule has 2 heterocycles. The first-order valence-corrected chi connectivity index (χ1v) is 4.98. The minimum Gasteiger partial charge on any atom is -0.465 e. The van der Waals surface area contributed by atoms with Gasteiger partial charge in [0.25, 0.3) is 0 Å². The molecule has 17 heavy (non-hydrogen) atoms. The van der Waals surface area contributed by atoms with Gasteiger partial charge in [-0.05, 0) is 0 Å². The Hall–Kier alpha value is -2.16. The lowest BCUT2D eigenvalue weighted by atomic mass is 10.0. The van der Waals surface area contributed by atoms with Gasteiger partial charge in [0, 0.05) is 0 Å². The number of carbonyl (C=O) groups excluding carboxylic acids is 1. The zero-order chi connectivity index (χ0) is 12.4. The summed E-state index contributed by atoms with van der Waals surface area (Å²) in [7, 11) is 0. The molecular formula is C8H12N6O3. The van der Waals surface area contributed by atoms with Gasteiger partial charge < -0.3 is 21.5 Å². The van der Waals surface area contributed by atoms with Gasteiger partial charge in [0.1, 0.15) is 11.7 Å². The Morgan fingerprint density at radius 3 is 3.06 bits per heavy atom. The van der Waals surface area contributed by atoms with Crippen LogP contribution < -0.4 is 16.4 Å².